The molecular weight excluding hydrogens is 236 g/mol. The van der Waals surface area contributed by atoms with Crippen LogP contribution in [-0.2, 0) is 0 Å². The van der Waals surface area contributed by atoms with Crippen molar-refractivity contribution < 1.29 is 9.53 Å². The van der Waals surface area contributed by atoms with E-state index < -0.39 is 11.5 Å². The number of aromatic nitrogens is 2. The lowest BCUT2D eigenvalue weighted by Crippen LogP contribution is -2.17. The molecule has 18 heavy (non-hydrogen) atoms. The summed E-state index contributed by atoms with van der Waals surface area (Å²) in [5.41, 5.74) is 5.42. The number of nitrogens with two attached hydrogens (primary N) is 1. The zero-order chi connectivity index (χ0) is 13.1. The average molecular weight is 248 g/mol. The van der Waals surface area contributed by atoms with Crippen molar-refractivity contribution in [3.05, 3.63) is 40.2 Å². The van der Waals surface area contributed by atoms with E-state index in [1.54, 1.807) is 24.3 Å². The largest absolute Gasteiger partial charge is 0.497 e. The quantitative estimate of drug-likeness (QED) is 0.635. The summed E-state index contributed by atoms with van der Waals surface area (Å²) in [6, 6.07) is 6.48. The molecule has 0 bridgehead atoms. The molecule has 0 unspecified atom stereocenters. The number of H-pyrrole nitrogens is 2. The van der Waals surface area contributed by atoms with Crippen LogP contribution in [0.4, 0.5) is 11.5 Å². The van der Waals surface area contributed by atoms with Crippen LogP contribution in [0.25, 0.3) is 0 Å². The first kappa shape index (κ1) is 11.8. The molecule has 1 amide bonds. The van der Waals surface area contributed by atoms with Crippen molar-refractivity contribution in [2.75, 3.05) is 18.2 Å². The molecule has 0 aliphatic rings. The van der Waals surface area contributed by atoms with Crippen LogP contribution in [0, 0.1) is 0 Å². The van der Waals surface area contributed by atoms with Crippen LogP contribution in [-0.4, -0.2) is 23.2 Å². The first-order chi connectivity index (χ1) is 8.61. The SMILES string of the molecule is COc1ccc(C(=O)Nc2c(N)[nH][nH]c2=O)cc1. The minimum atomic E-state index is -0.477. The topological polar surface area (TPSA) is 113 Å². The number of carbonyl (C=O) groups is 1. The Labute approximate surface area is 102 Å². The Morgan fingerprint density at radius 1 is 1.28 bits per heavy atom. The summed E-state index contributed by atoms with van der Waals surface area (Å²) in [4.78, 5) is 23.1. The van der Waals surface area contributed by atoms with Gasteiger partial charge in [-0.25, -0.2) is 0 Å². The molecule has 1 heterocycles. The summed E-state index contributed by atoms with van der Waals surface area (Å²) in [6.07, 6.45) is 0. The molecule has 7 nitrogen and oxygen atoms in total. The fourth-order valence-electron chi connectivity index (χ4n) is 1.42. The standard InChI is InChI=1S/C11H12N4O3/c1-18-7-4-2-6(3-5-7)10(16)13-8-9(12)14-15-11(8)17/h2-5H,1H3,(H,13,16)(H4,12,14,15,17). The van der Waals surface area contributed by atoms with Gasteiger partial charge in [0.1, 0.15) is 11.6 Å². The van der Waals surface area contributed by atoms with Crippen LogP contribution in [0.2, 0.25) is 0 Å². The van der Waals surface area contributed by atoms with Crippen molar-refractivity contribution in [2.45, 2.75) is 0 Å². The fourth-order valence-corrected chi connectivity index (χ4v) is 1.42. The first-order valence-corrected chi connectivity index (χ1v) is 5.13. The summed E-state index contributed by atoms with van der Waals surface area (Å²) in [6.45, 7) is 0. The van der Waals surface area contributed by atoms with Gasteiger partial charge in [-0.2, -0.15) is 0 Å². The number of carbonyl (C=O) groups excluding carboxylic acids is 1. The molecule has 2 aromatic rings. The zero-order valence-electron chi connectivity index (χ0n) is 9.61. The molecule has 94 valence electrons. The lowest BCUT2D eigenvalue weighted by atomic mass is 10.2. The van der Waals surface area contributed by atoms with Gasteiger partial charge < -0.3 is 15.8 Å². The van der Waals surface area contributed by atoms with Crippen LogP contribution >= 0.6 is 0 Å². The average Bonchev–Trinajstić information content (AvgIpc) is 2.70. The highest BCUT2D eigenvalue weighted by Gasteiger charge is 2.12. The predicted octanol–water partition coefficient (Wildman–Crippen LogP) is 0.546. The van der Waals surface area contributed by atoms with Crippen molar-refractivity contribution in [3.63, 3.8) is 0 Å². The number of amides is 1. The van der Waals surface area contributed by atoms with E-state index in [0.29, 0.717) is 11.3 Å². The Balaban J connectivity index is 2.19. The Kier molecular flexibility index (Phi) is 3.05. The van der Waals surface area contributed by atoms with Gasteiger partial charge in [-0.15, -0.1) is 0 Å². The van der Waals surface area contributed by atoms with Gasteiger partial charge in [-0.05, 0) is 24.3 Å². The van der Waals surface area contributed by atoms with Gasteiger partial charge in [-0.3, -0.25) is 19.8 Å². The van der Waals surface area contributed by atoms with E-state index in [0.717, 1.165) is 0 Å². The van der Waals surface area contributed by atoms with E-state index >= 15 is 0 Å². The van der Waals surface area contributed by atoms with Crippen molar-refractivity contribution in [3.8, 4) is 5.75 Å². The number of aromatic amines is 2. The molecule has 0 fully saturated rings. The second-order valence-corrected chi connectivity index (χ2v) is 3.55. The molecule has 7 heteroatoms. The molecule has 0 spiro atoms. The number of nitrogens with one attached hydrogen (secondary N) is 3. The van der Waals surface area contributed by atoms with Crippen molar-refractivity contribution in [2.24, 2.45) is 0 Å². The lowest BCUT2D eigenvalue weighted by molar-refractivity contribution is 0.102. The number of hydrogen-bond acceptors (Lipinski definition) is 4. The minimum Gasteiger partial charge on any atom is -0.497 e. The number of methoxy groups -OCH3 is 1. The number of benzene rings is 1. The second kappa shape index (κ2) is 4.66. The molecule has 1 aromatic heterocycles. The third kappa shape index (κ3) is 2.19. The number of ether oxygens (including phenoxy) is 1. The number of anilines is 2. The van der Waals surface area contributed by atoms with Crippen molar-refractivity contribution in [1.29, 1.82) is 0 Å². The number of nitrogen functional groups attached to an aromatic ring is 1. The van der Waals surface area contributed by atoms with E-state index in [1.807, 2.05) is 0 Å². The van der Waals surface area contributed by atoms with Gasteiger partial charge in [0.2, 0.25) is 0 Å². The summed E-state index contributed by atoms with van der Waals surface area (Å²) < 4.78 is 4.98. The fraction of sp³-hybridized carbons (Fsp3) is 0.0909. The van der Waals surface area contributed by atoms with E-state index in [2.05, 4.69) is 15.5 Å². The molecular formula is C11H12N4O3. The van der Waals surface area contributed by atoms with Gasteiger partial charge in [0, 0.05) is 5.56 Å². The maximum atomic E-state index is 11.8. The molecule has 1 aromatic carbocycles. The van der Waals surface area contributed by atoms with Crippen molar-refractivity contribution in [1.82, 2.24) is 10.2 Å². The Bertz CT molecular complexity index is 612. The third-order valence-corrected chi connectivity index (χ3v) is 2.40. The molecule has 0 radical (unpaired) electrons. The van der Waals surface area contributed by atoms with Gasteiger partial charge in [0.25, 0.3) is 11.5 Å². The maximum absolute atomic E-state index is 11.8. The zero-order valence-corrected chi connectivity index (χ0v) is 9.61. The Morgan fingerprint density at radius 3 is 2.44 bits per heavy atom. The summed E-state index contributed by atoms with van der Waals surface area (Å²) in [7, 11) is 1.54. The first-order valence-electron chi connectivity index (χ1n) is 5.13. The second-order valence-electron chi connectivity index (χ2n) is 3.55. The highest BCUT2D eigenvalue weighted by molar-refractivity contribution is 6.05. The molecule has 5 N–H and O–H groups in total. The van der Waals surface area contributed by atoms with Crippen LogP contribution in [0.15, 0.2) is 29.1 Å². The number of hydrogen-bond donors (Lipinski definition) is 4. The van der Waals surface area contributed by atoms with Crippen LogP contribution in [0.1, 0.15) is 10.4 Å². The summed E-state index contributed by atoms with van der Waals surface area (Å²) in [5, 5.41) is 7.12. The normalized spacial score (nSPS) is 10.1. The highest BCUT2D eigenvalue weighted by Crippen LogP contribution is 2.14. The van der Waals surface area contributed by atoms with Crippen LogP contribution in [0.5, 0.6) is 5.75 Å². The molecule has 0 aliphatic carbocycles. The van der Waals surface area contributed by atoms with Crippen LogP contribution in [0.3, 0.4) is 0 Å². The molecule has 0 aliphatic heterocycles. The predicted molar refractivity (Wildman–Crippen MR) is 66.8 cm³/mol. The summed E-state index contributed by atoms with van der Waals surface area (Å²) in [5.74, 6) is 0.307. The Hall–Kier alpha value is -2.70. The molecule has 0 saturated carbocycles. The van der Waals surface area contributed by atoms with E-state index in [4.69, 9.17) is 10.5 Å². The highest BCUT2D eigenvalue weighted by atomic mass is 16.5. The minimum absolute atomic E-state index is 0.0100. The van der Waals surface area contributed by atoms with Crippen LogP contribution < -0.4 is 21.3 Å². The number of rotatable bonds is 3. The van der Waals surface area contributed by atoms with E-state index in [1.165, 1.54) is 7.11 Å². The molecule has 0 saturated heterocycles. The smallest absolute Gasteiger partial charge is 0.289 e. The van der Waals surface area contributed by atoms with Gasteiger partial charge >= 0.3 is 0 Å². The van der Waals surface area contributed by atoms with Crippen molar-refractivity contribution >= 4 is 17.4 Å². The lowest BCUT2D eigenvalue weighted by Gasteiger charge is -2.04. The van der Waals surface area contributed by atoms with E-state index in [9.17, 15) is 9.59 Å². The third-order valence-electron chi connectivity index (χ3n) is 2.40. The summed E-state index contributed by atoms with van der Waals surface area (Å²) >= 11 is 0. The van der Waals surface area contributed by atoms with Gasteiger partial charge in [-0.1, -0.05) is 0 Å². The Morgan fingerprint density at radius 2 is 1.94 bits per heavy atom. The van der Waals surface area contributed by atoms with E-state index in [-0.39, 0.29) is 11.5 Å². The monoisotopic (exact) mass is 248 g/mol. The van der Waals surface area contributed by atoms with Gasteiger partial charge in [0.05, 0.1) is 7.11 Å². The molecule has 0 atom stereocenters. The van der Waals surface area contributed by atoms with Gasteiger partial charge in [0.15, 0.2) is 5.69 Å². The molecule has 2 rings (SSSR count). The maximum Gasteiger partial charge on any atom is 0.289 e.